The van der Waals surface area contributed by atoms with Gasteiger partial charge < -0.3 is 4.90 Å². The molecule has 1 aromatic rings. The maximum absolute atomic E-state index is 13.0. The van der Waals surface area contributed by atoms with Crippen LogP contribution >= 0.6 is 15.9 Å². The average Bonchev–Trinajstić information content (AvgIpc) is 2.41. The Hall–Kier alpha value is -0.830. The Morgan fingerprint density at radius 1 is 1.30 bits per heavy atom. The molecule has 2 rings (SSSR count). The fraction of sp³-hybridized carbons (Fsp3) is 0.588. The fourth-order valence-corrected chi connectivity index (χ4v) is 2.97. The van der Waals surface area contributed by atoms with Crippen LogP contribution in [-0.4, -0.2) is 28.7 Å². The van der Waals surface area contributed by atoms with E-state index in [-0.39, 0.29) is 5.91 Å². The van der Waals surface area contributed by atoms with Crippen LogP contribution in [0.5, 0.6) is 0 Å². The maximum atomic E-state index is 13.0. The van der Waals surface area contributed by atoms with Gasteiger partial charge in [-0.3, -0.25) is 4.79 Å². The monoisotopic (exact) mass is 337 g/mol. The molecule has 1 aliphatic rings. The van der Waals surface area contributed by atoms with Crippen molar-refractivity contribution in [3.8, 4) is 0 Å². The van der Waals surface area contributed by atoms with Crippen LogP contribution in [0.25, 0.3) is 0 Å². The molecule has 0 N–H and O–H groups in total. The first-order valence-electron chi connectivity index (χ1n) is 7.50. The number of benzene rings is 1. The van der Waals surface area contributed by atoms with Gasteiger partial charge in [-0.1, -0.05) is 46.3 Å². The zero-order valence-electron chi connectivity index (χ0n) is 12.4. The summed E-state index contributed by atoms with van der Waals surface area (Å²) < 4.78 is 0. The van der Waals surface area contributed by atoms with Crippen LogP contribution in [0.15, 0.2) is 30.3 Å². The quantitative estimate of drug-likeness (QED) is 0.714. The van der Waals surface area contributed by atoms with Gasteiger partial charge in [-0.15, -0.1) is 0 Å². The largest absolute Gasteiger partial charge is 0.339 e. The summed E-state index contributed by atoms with van der Waals surface area (Å²) in [5.74, 6) is 0.273. The predicted molar refractivity (Wildman–Crippen MR) is 87.2 cm³/mol. The molecule has 1 amide bonds. The topological polar surface area (TPSA) is 20.3 Å². The third kappa shape index (κ3) is 3.25. The molecule has 3 heteroatoms. The molecular weight excluding hydrogens is 314 g/mol. The molecule has 0 unspecified atom stereocenters. The number of amides is 1. The van der Waals surface area contributed by atoms with E-state index in [1.807, 2.05) is 32.0 Å². The molecule has 1 saturated carbocycles. The summed E-state index contributed by atoms with van der Waals surface area (Å²) in [4.78, 5) is 15.1. The molecule has 0 spiro atoms. The van der Waals surface area contributed by atoms with Gasteiger partial charge in [0, 0.05) is 17.9 Å². The lowest BCUT2D eigenvalue weighted by molar-refractivity contribution is -0.140. The van der Waals surface area contributed by atoms with Crippen LogP contribution in [0, 0.1) is 0 Å². The third-order valence-corrected chi connectivity index (χ3v) is 4.90. The average molecular weight is 338 g/mol. The summed E-state index contributed by atoms with van der Waals surface area (Å²) in [5, 5.41) is 0.954. The van der Waals surface area contributed by atoms with E-state index in [0.717, 1.165) is 23.9 Å². The normalized spacial score (nSPS) is 15.8. The summed E-state index contributed by atoms with van der Waals surface area (Å²) >= 11 is 3.47. The summed E-state index contributed by atoms with van der Waals surface area (Å²) in [7, 11) is 0. The maximum Gasteiger partial charge on any atom is 0.232 e. The van der Waals surface area contributed by atoms with Crippen LogP contribution in [-0.2, 0) is 10.2 Å². The number of carbonyl (C=O) groups excluding carboxylic acids is 1. The smallest absolute Gasteiger partial charge is 0.232 e. The van der Waals surface area contributed by atoms with E-state index in [1.165, 1.54) is 19.3 Å². The van der Waals surface area contributed by atoms with Crippen molar-refractivity contribution in [3.63, 3.8) is 0 Å². The molecule has 0 radical (unpaired) electrons. The van der Waals surface area contributed by atoms with Gasteiger partial charge in [-0.2, -0.15) is 0 Å². The number of carbonyl (C=O) groups is 1. The second kappa shape index (κ2) is 6.75. The van der Waals surface area contributed by atoms with E-state index in [1.54, 1.807) is 0 Å². The van der Waals surface area contributed by atoms with Gasteiger partial charge in [-0.25, -0.2) is 0 Å². The van der Waals surface area contributed by atoms with E-state index >= 15 is 0 Å². The van der Waals surface area contributed by atoms with Gasteiger partial charge in [0.2, 0.25) is 5.91 Å². The molecule has 0 aliphatic heterocycles. The van der Waals surface area contributed by atoms with E-state index in [0.29, 0.717) is 6.04 Å². The van der Waals surface area contributed by atoms with Gasteiger partial charge in [0.25, 0.3) is 0 Å². The molecule has 110 valence electrons. The fourth-order valence-electron chi connectivity index (χ4n) is 2.72. The van der Waals surface area contributed by atoms with Crippen molar-refractivity contribution in [1.82, 2.24) is 4.90 Å². The molecule has 20 heavy (non-hydrogen) atoms. The first kappa shape index (κ1) is 15.6. The predicted octanol–water partition coefficient (Wildman–Crippen LogP) is 4.13. The minimum atomic E-state index is -0.441. The molecule has 0 atom stereocenters. The first-order chi connectivity index (χ1) is 9.57. The van der Waals surface area contributed by atoms with Crippen molar-refractivity contribution in [2.75, 3.05) is 11.9 Å². The van der Waals surface area contributed by atoms with Crippen molar-refractivity contribution in [2.24, 2.45) is 0 Å². The van der Waals surface area contributed by atoms with Crippen molar-refractivity contribution in [3.05, 3.63) is 35.9 Å². The number of alkyl halides is 1. The van der Waals surface area contributed by atoms with Crippen molar-refractivity contribution in [1.29, 1.82) is 0 Å². The van der Waals surface area contributed by atoms with Crippen LogP contribution < -0.4 is 0 Å². The lowest BCUT2D eigenvalue weighted by atomic mass is 9.81. The Kier molecular flexibility index (Phi) is 5.25. The van der Waals surface area contributed by atoms with Gasteiger partial charge >= 0.3 is 0 Å². The molecule has 0 bridgehead atoms. The molecule has 0 aromatic heterocycles. The SMILES string of the molecule is CC(C)(C(=O)N(CCCBr)C1CCC1)c1ccccc1. The van der Waals surface area contributed by atoms with E-state index in [9.17, 15) is 4.79 Å². The molecule has 1 aromatic carbocycles. The van der Waals surface area contributed by atoms with Crippen molar-refractivity contribution < 1.29 is 4.79 Å². The Morgan fingerprint density at radius 2 is 1.95 bits per heavy atom. The standard InChI is InChI=1S/C17H24BrNO/c1-17(2,14-8-4-3-5-9-14)16(20)19(13-7-12-18)15-10-6-11-15/h3-5,8-9,15H,6-7,10-13H2,1-2H3. The van der Waals surface area contributed by atoms with Crippen molar-refractivity contribution in [2.45, 2.75) is 51.0 Å². The Labute approximate surface area is 130 Å². The van der Waals surface area contributed by atoms with Crippen LogP contribution in [0.1, 0.15) is 45.1 Å². The minimum absolute atomic E-state index is 0.273. The highest BCUT2D eigenvalue weighted by Crippen LogP contribution is 2.31. The lowest BCUT2D eigenvalue weighted by Crippen LogP contribution is -2.51. The Bertz CT molecular complexity index is 440. The number of rotatable bonds is 6. The molecule has 1 aliphatic carbocycles. The second-order valence-corrected chi connectivity index (χ2v) is 6.91. The Morgan fingerprint density at radius 3 is 2.45 bits per heavy atom. The molecule has 2 nitrogen and oxygen atoms in total. The first-order valence-corrected chi connectivity index (χ1v) is 8.62. The lowest BCUT2D eigenvalue weighted by Gasteiger charge is -2.41. The number of nitrogens with zero attached hydrogens (tertiary/aromatic N) is 1. The van der Waals surface area contributed by atoms with E-state index in [2.05, 4.69) is 33.0 Å². The molecule has 1 fully saturated rings. The third-order valence-electron chi connectivity index (χ3n) is 4.34. The number of halogens is 1. The highest BCUT2D eigenvalue weighted by molar-refractivity contribution is 9.09. The van der Waals surface area contributed by atoms with Gasteiger partial charge in [0.05, 0.1) is 5.41 Å². The highest BCUT2D eigenvalue weighted by atomic mass is 79.9. The van der Waals surface area contributed by atoms with E-state index in [4.69, 9.17) is 0 Å². The van der Waals surface area contributed by atoms with Gasteiger partial charge in [-0.05, 0) is 45.1 Å². The zero-order valence-corrected chi connectivity index (χ0v) is 14.0. The number of hydrogen-bond donors (Lipinski definition) is 0. The molecule has 0 saturated heterocycles. The Balaban J connectivity index is 2.17. The van der Waals surface area contributed by atoms with Crippen LogP contribution in [0.2, 0.25) is 0 Å². The minimum Gasteiger partial charge on any atom is -0.339 e. The summed E-state index contributed by atoms with van der Waals surface area (Å²) in [6.07, 6.45) is 4.61. The summed E-state index contributed by atoms with van der Waals surface area (Å²) in [6.45, 7) is 4.96. The number of hydrogen-bond acceptors (Lipinski definition) is 1. The van der Waals surface area contributed by atoms with Gasteiger partial charge in [0.1, 0.15) is 0 Å². The van der Waals surface area contributed by atoms with Crippen LogP contribution in [0.4, 0.5) is 0 Å². The van der Waals surface area contributed by atoms with Gasteiger partial charge in [0.15, 0.2) is 0 Å². The summed E-state index contributed by atoms with van der Waals surface area (Å²) in [6, 6.07) is 10.6. The van der Waals surface area contributed by atoms with Crippen LogP contribution in [0.3, 0.4) is 0 Å². The molecule has 0 heterocycles. The molecular formula is C17H24BrNO. The highest BCUT2D eigenvalue weighted by Gasteiger charge is 2.38. The van der Waals surface area contributed by atoms with Crippen molar-refractivity contribution >= 4 is 21.8 Å². The second-order valence-electron chi connectivity index (χ2n) is 6.12. The summed E-state index contributed by atoms with van der Waals surface area (Å²) in [5.41, 5.74) is 0.663. The zero-order chi connectivity index (χ0) is 14.6. The van der Waals surface area contributed by atoms with E-state index < -0.39 is 5.41 Å².